The van der Waals surface area contributed by atoms with Crippen molar-refractivity contribution in [1.82, 2.24) is 25.2 Å². The molecule has 0 aliphatic rings. The summed E-state index contributed by atoms with van der Waals surface area (Å²) in [6, 6.07) is 0. The molecular formula is C11H16BrN6O2+. The van der Waals surface area contributed by atoms with Crippen molar-refractivity contribution in [3.8, 4) is 0 Å². The third-order valence-corrected chi connectivity index (χ3v) is 2.89. The first kappa shape index (κ1) is 14.7. The molecule has 2 aromatic rings. The highest BCUT2D eigenvalue weighted by atomic mass is 79.9. The number of likely N-dealkylation sites (N-methyl/N-ethyl adjacent to an activating group) is 1. The Morgan fingerprint density at radius 3 is 3.00 bits per heavy atom. The molecule has 0 fully saturated rings. The largest absolute Gasteiger partial charge is 0.342 e. The molecule has 0 aliphatic heterocycles. The molecule has 8 nitrogen and oxygen atoms in total. The highest BCUT2D eigenvalue weighted by Crippen LogP contribution is 2.07. The van der Waals surface area contributed by atoms with Gasteiger partial charge >= 0.3 is 11.8 Å². The molecule has 0 bridgehead atoms. The summed E-state index contributed by atoms with van der Waals surface area (Å²) in [4.78, 5) is 17.0. The highest BCUT2D eigenvalue weighted by molar-refractivity contribution is 9.10. The van der Waals surface area contributed by atoms with Crippen LogP contribution in [0.25, 0.3) is 0 Å². The Kier molecular flexibility index (Phi) is 4.85. The Bertz CT molecular complexity index is 579. The molecule has 0 unspecified atom stereocenters. The third kappa shape index (κ3) is 4.14. The van der Waals surface area contributed by atoms with Gasteiger partial charge in [0.25, 0.3) is 0 Å². The minimum Gasteiger partial charge on any atom is -0.342 e. The monoisotopic (exact) mass is 343 g/mol. The van der Waals surface area contributed by atoms with Crippen molar-refractivity contribution in [3.63, 3.8) is 0 Å². The molecule has 1 amide bonds. The molecule has 2 aromatic heterocycles. The van der Waals surface area contributed by atoms with E-state index < -0.39 is 0 Å². The third-order valence-electron chi connectivity index (χ3n) is 2.48. The van der Waals surface area contributed by atoms with Gasteiger partial charge in [0, 0.05) is 6.20 Å². The molecular weight excluding hydrogens is 328 g/mol. The van der Waals surface area contributed by atoms with Crippen LogP contribution in [0.2, 0.25) is 0 Å². The van der Waals surface area contributed by atoms with Gasteiger partial charge in [-0.2, -0.15) is 10.1 Å². The smallest absolute Gasteiger partial charge is 0.316 e. The molecule has 20 heavy (non-hydrogen) atoms. The molecule has 0 spiro atoms. The summed E-state index contributed by atoms with van der Waals surface area (Å²) >= 11 is 3.30. The molecule has 108 valence electrons. The van der Waals surface area contributed by atoms with Crippen LogP contribution in [0, 0.1) is 0 Å². The van der Waals surface area contributed by atoms with E-state index >= 15 is 0 Å². The Morgan fingerprint density at radius 1 is 1.55 bits per heavy atom. The summed E-state index contributed by atoms with van der Waals surface area (Å²) in [5, 5.41) is 10.6. The normalized spacial score (nSPS) is 11.0. The van der Waals surface area contributed by atoms with E-state index in [1.807, 2.05) is 14.1 Å². The zero-order valence-electron chi connectivity index (χ0n) is 11.3. The number of amides is 1. The standard InChI is InChI=1S/C11H15BrN6O2/c1-17(2)4-3-13-10(19)11-15-9(16-20-11)7-18-6-8(12)5-14-18/h5-6H,3-4,7H2,1-2H3,(H,13,19)/p+1. The number of rotatable bonds is 6. The van der Waals surface area contributed by atoms with Gasteiger partial charge in [0.1, 0.15) is 6.54 Å². The first-order valence-corrected chi connectivity index (χ1v) is 6.91. The Balaban J connectivity index is 1.89. The van der Waals surface area contributed by atoms with Crippen LogP contribution < -0.4 is 10.2 Å². The fourth-order valence-corrected chi connectivity index (χ4v) is 1.81. The number of hydrogen-bond donors (Lipinski definition) is 2. The summed E-state index contributed by atoms with van der Waals surface area (Å²) in [5.74, 6) is 0.0237. The number of halogens is 1. The van der Waals surface area contributed by atoms with E-state index in [1.54, 1.807) is 17.1 Å². The van der Waals surface area contributed by atoms with Crippen molar-refractivity contribution in [2.75, 3.05) is 27.2 Å². The van der Waals surface area contributed by atoms with Crippen molar-refractivity contribution in [3.05, 3.63) is 28.6 Å². The van der Waals surface area contributed by atoms with Crippen LogP contribution in [0.4, 0.5) is 0 Å². The summed E-state index contributed by atoms with van der Waals surface area (Å²) in [6.45, 7) is 1.74. The van der Waals surface area contributed by atoms with E-state index in [1.165, 1.54) is 4.90 Å². The Labute approximate surface area is 124 Å². The SMILES string of the molecule is C[NH+](C)CCNC(=O)c1nc(Cn2cc(Br)cn2)no1. The number of aromatic nitrogens is 4. The molecule has 0 saturated heterocycles. The van der Waals surface area contributed by atoms with Gasteiger partial charge in [0.2, 0.25) is 0 Å². The number of carbonyl (C=O) groups excluding carboxylic acids is 1. The lowest BCUT2D eigenvalue weighted by Crippen LogP contribution is -3.06. The van der Waals surface area contributed by atoms with Gasteiger partial charge in [0.05, 0.1) is 37.9 Å². The van der Waals surface area contributed by atoms with Gasteiger partial charge in [-0.05, 0) is 15.9 Å². The zero-order valence-corrected chi connectivity index (χ0v) is 12.8. The van der Waals surface area contributed by atoms with Gasteiger partial charge in [-0.15, -0.1) is 0 Å². The topological polar surface area (TPSA) is 90.3 Å². The Morgan fingerprint density at radius 2 is 2.35 bits per heavy atom. The second kappa shape index (κ2) is 6.62. The van der Waals surface area contributed by atoms with Crippen molar-refractivity contribution >= 4 is 21.8 Å². The van der Waals surface area contributed by atoms with E-state index in [-0.39, 0.29) is 11.8 Å². The molecule has 2 rings (SSSR count). The van der Waals surface area contributed by atoms with Crippen LogP contribution in [0.5, 0.6) is 0 Å². The summed E-state index contributed by atoms with van der Waals surface area (Å²) in [6.07, 6.45) is 3.45. The maximum Gasteiger partial charge on any atom is 0.316 e. The molecule has 0 aliphatic carbocycles. The van der Waals surface area contributed by atoms with Crippen molar-refractivity contribution in [1.29, 1.82) is 0 Å². The molecule has 0 saturated carbocycles. The first-order valence-electron chi connectivity index (χ1n) is 6.12. The summed E-state index contributed by atoms with van der Waals surface area (Å²) in [7, 11) is 4.03. The number of nitrogens with zero attached hydrogens (tertiary/aromatic N) is 4. The summed E-state index contributed by atoms with van der Waals surface area (Å²) < 4.78 is 7.44. The van der Waals surface area contributed by atoms with Gasteiger partial charge in [0.15, 0.2) is 5.82 Å². The van der Waals surface area contributed by atoms with Crippen molar-refractivity contribution in [2.45, 2.75) is 6.54 Å². The van der Waals surface area contributed by atoms with Crippen LogP contribution in [0.3, 0.4) is 0 Å². The second-order valence-corrected chi connectivity index (χ2v) is 5.50. The van der Waals surface area contributed by atoms with E-state index in [4.69, 9.17) is 4.52 Å². The number of nitrogens with one attached hydrogen (secondary N) is 2. The molecule has 2 heterocycles. The van der Waals surface area contributed by atoms with Crippen LogP contribution >= 0.6 is 15.9 Å². The van der Waals surface area contributed by atoms with E-state index in [0.29, 0.717) is 18.9 Å². The average Bonchev–Trinajstić information content (AvgIpc) is 2.99. The van der Waals surface area contributed by atoms with Gasteiger partial charge in [-0.25, -0.2) is 0 Å². The van der Waals surface area contributed by atoms with Gasteiger partial charge < -0.3 is 14.7 Å². The van der Waals surface area contributed by atoms with Crippen LogP contribution in [-0.2, 0) is 6.54 Å². The lowest BCUT2D eigenvalue weighted by Gasteiger charge is -2.06. The minimum absolute atomic E-state index is 0.0278. The number of quaternary nitrogens is 1. The highest BCUT2D eigenvalue weighted by Gasteiger charge is 2.15. The predicted octanol–water partition coefficient (Wildman–Crippen LogP) is -1.05. The van der Waals surface area contributed by atoms with Crippen LogP contribution in [0.1, 0.15) is 16.5 Å². The molecule has 2 N–H and O–H groups in total. The quantitative estimate of drug-likeness (QED) is 0.698. The van der Waals surface area contributed by atoms with Crippen molar-refractivity contribution in [2.24, 2.45) is 0 Å². The Hall–Kier alpha value is -1.74. The maximum atomic E-state index is 11.7. The van der Waals surface area contributed by atoms with Crippen LogP contribution in [0.15, 0.2) is 21.4 Å². The fourth-order valence-electron chi connectivity index (χ4n) is 1.48. The zero-order chi connectivity index (χ0) is 14.5. The molecule has 0 radical (unpaired) electrons. The van der Waals surface area contributed by atoms with Crippen LogP contribution in [-0.4, -0.2) is 53.0 Å². The fraction of sp³-hybridized carbons (Fsp3) is 0.455. The average molecular weight is 344 g/mol. The number of carbonyl (C=O) groups is 1. The van der Waals surface area contributed by atoms with Gasteiger partial charge in [-0.1, -0.05) is 5.16 Å². The molecule has 9 heteroatoms. The summed E-state index contributed by atoms with van der Waals surface area (Å²) in [5.41, 5.74) is 0. The van der Waals surface area contributed by atoms with Gasteiger partial charge in [-0.3, -0.25) is 9.48 Å². The van der Waals surface area contributed by atoms with Crippen molar-refractivity contribution < 1.29 is 14.2 Å². The second-order valence-electron chi connectivity index (χ2n) is 4.58. The van der Waals surface area contributed by atoms with E-state index in [2.05, 4.69) is 36.5 Å². The molecule has 0 aromatic carbocycles. The maximum absolute atomic E-state index is 11.7. The minimum atomic E-state index is -0.355. The lowest BCUT2D eigenvalue weighted by atomic mass is 10.5. The van der Waals surface area contributed by atoms with E-state index in [0.717, 1.165) is 11.0 Å². The number of hydrogen-bond acceptors (Lipinski definition) is 5. The first-order chi connectivity index (χ1) is 9.54. The lowest BCUT2D eigenvalue weighted by molar-refractivity contribution is -0.856. The molecule has 0 atom stereocenters. The predicted molar refractivity (Wildman–Crippen MR) is 73.3 cm³/mol. The van der Waals surface area contributed by atoms with E-state index in [9.17, 15) is 4.79 Å².